The van der Waals surface area contributed by atoms with Gasteiger partial charge in [0.1, 0.15) is 0 Å². The van der Waals surface area contributed by atoms with Crippen molar-refractivity contribution in [3.8, 4) is 0 Å². The van der Waals surface area contributed by atoms with Crippen molar-refractivity contribution in [2.45, 2.75) is 39.7 Å². The van der Waals surface area contributed by atoms with E-state index in [1.165, 1.54) is 6.42 Å². The van der Waals surface area contributed by atoms with E-state index in [-0.39, 0.29) is 5.91 Å². The summed E-state index contributed by atoms with van der Waals surface area (Å²) >= 11 is 0. The lowest BCUT2D eigenvalue weighted by Gasteiger charge is -2.13. The molecule has 0 aliphatic rings. The van der Waals surface area contributed by atoms with Crippen molar-refractivity contribution in [1.29, 1.82) is 0 Å². The highest BCUT2D eigenvalue weighted by molar-refractivity contribution is 5.75. The van der Waals surface area contributed by atoms with Gasteiger partial charge in [0.15, 0.2) is 0 Å². The Morgan fingerprint density at radius 3 is 2.33 bits per heavy atom. The van der Waals surface area contributed by atoms with E-state index in [4.69, 9.17) is 5.73 Å². The molecule has 0 fully saturated rings. The summed E-state index contributed by atoms with van der Waals surface area (Å²) < 4.78 is 0. The number of primary amides is 1. The number of nitrogens with two attached hydrogens (primary N) is 1. The van der Waals surface area contributed by atoms with Crippen LogP contribution in [0.5, 0.6) is 0 Å². The van der Waals surface area contributed by atoms with Gasteiger partial charge in [-0.25, -0.2) is 0 Å². The smallest absolute Gasteiger partial charge is 0.231 e. The van der Waals surface area contributed by atoms with Crippen molar-refractivity contribution >= 4 is 5.91 Å². The van der Waals surface area contributed by atoms with Crippen LogP contribution in [-0.4, -0.2) is 18.5 Å². The maximum atomic E-state index is 10.4. The SMILES string of the molecule is CC(C)CCC(C)NCC(N)=O. The van der Waals surface area contributed by atoms with Crippen LogP contribution in [0.3, 0.4) is 0 Å². The summed E-state index contributed by atoms with van der Waals surface area (Å²) in [7, 11) is 0. The zero-order valence-electron chi connectivity index (χ0n) is 8.26. The number of carbonyl (C=O) groups is 1. The molecule has 3 heteroatoms. The molecular weight excluding hydrogens is 152 g/mol. The summed E-state index contributed by atoms with van der Waals surface area (Å²) in [5.41, 5.74) is 5.00. The van der Waals surface area contributed by atoms with Gasteiger partial charge < -0.3 is 11.1 Å². The Morgan fingerprint density at radius 2 is 1.92 bits per heavy atom. The van der Waals surface area contributed by atoms with Gasteiger partial charge in [-0.05, 0) is 25.7 Å². The van der Waals surface area contributed by atoms with Gasteiger partial charge in [-0.15, -0.1) is 0 Å². The summed E-state index contributed by atoms with van der Waals surface area (Å²) in [5, 5.41) is 3.06. The van der Waals surface area contributed by atoms with E-state index in [2.05, 4.69) is 26.1 Å². The van der Waals surface area contributed by atoms with Crippen LogP contribution in [0.15, 0.2) is 0 Å². The molecule has 0 heterocycles. The normalized spacial score (nSPS) is 13.3. The van der Waals surface area contributed by atoms with Crippen LogP contribution < -0.4 is 11.1 Å². The zero-order chi connectivity index (χ0) is 9.56. The predicted molar refractivity (Wildman–Crippen MR) is 50.7 cm³/mol. The molecule has 0 saturated heterocycles. The zero-order valence-corrected chi connectivity index (χ0v) is 8.26. The number of rotatable bonds is 6. The average Bonchev–Trinajstić information content (AvgIpc) is 1.96. The molecule has 3 nitrogen and oxygen atoms in total. The minimum atomic E-state index is -0.286. The number of amides is 1. The number of hydrogen-bond acceptors (Lipinski definition) is 2. The molecule has 0 aliphatic heterocycles. The first kappa shape index (κ1) is 11.4. The molecule has 0 rings (SSSR count). The molecule has 1 atom stereocenters. The maximum Gasteiger partial charge on any atom is 0.231 e. The fourth-order valence-electron chi connectivity index (χ4n) is 0.960. The Labute approximate surface area is 74.7 Å². The van der Waals surface area contributed by atoms with Crippen LogP contribution >= 0.6 is 0 Å². The van der Waals surface area contributed by atoms with E-state index in [1.54, 1.807) is 0 Å². The Balaban J connectivity index is 3.33. The van der Waals surface area contributed by atoms with Gasteiger partial charge in [0, 0.05) is 6.04 Å². The van der Waals surface area contributed by atoms with E-state index in [0.717, 1.165) is 12.3 Å². The monoisotopic (exact) mass is 172 g/mol. The van der Waals surface area contributed by atoms with Crippen molar-refractivity contribution in [2.24, 2.45) is 11.7 Å². The lowest BCUT2D eigenvalue weighted by atomic mass is 10.0. The van der Waals surface area contributed by atoms with Crippen molar-refractivity contribution in [1.82, 2.24) is 5.32 Å². The summed E-state index contributed by atoms with van der Waals surface area (Å²) in [6, 6.07) is 0.389. The van der Waals surface area contributed by atoms with Gasteiger partial charge in [-0.1, -0.05) is 13.8 Å². The van der Waals surface area contributed by atoms with E-state index < -0.39 is 0 Å². The van der Waals surface area contributed by atoms with Crippen LogP contribution in [0, 0.1) is 5.92 Å². The van der Waals surface area contributed by atoms with Crippen molar-refractivity contribution in [2.75, 3.05) is 6.54 Å². The van der Waals surface area contributed by atoms with Crippen LogP contribution in [0.2, 0.25) is 0 Å². The molecule has 3 N–H and O–H groups in total. The second-order valence-corrected chi connectivity index (χ2v) is 3.72. The minimum Gasteiger partial charge on any atom is -0.369 e. The first-order chi connectivity index (χ1) is 5.52. The molecule has 1 unspecified atom stereocenters. The fraction of sp³-hybridized carbons (Fsp3) is 0.889. The molecule has 1 amide bonds. The van der Waals surface area contributed by atoms with Gasteiger partial charge in [0.25, 0.3) is 0 Å². The first-order valence-electron chi connectivity index (χ1n) is 4.54. The van der Waals surface area contributed by atoms with Gasteiger partial charge >= 0.3 is 0 Å². The Kier molecular flexibility index (Phi) is 5.72. The second kappa shape index (κ2) is 6.00. The first-order valence-corrected chi connectivity index (χ1v) is 4.54. The molecule has 0 radical (unpaired) electrons. The Morgan fingerprint density at radius 1 is 1.33 bits per heavy atom. The fourth-order valence-corrected chi connectivity index (χ4v) is 0.960. The van der Waals surface area contributed by atoms with E-state index in [1.807, 2.05) is 0 Å². The summed E-state index contributed by atoms with van der Waals surface area (Å²) in [6.45, 7) is 6.76. The van der Waals surface area contributed by atoms with E-state index in [0.29, 0.717) is 12.6 Å². The molecule has 0 spiro atoms. The van der Waals surface area contributed by atoms with E-state index in [9.17, 15) is 4.79 Å². The minimum absolute atomic E-state index is 0.286. The maximum absolute atomic E-state index is 10.4. The number of hydrogen-bond donors (Lipinski definition) is 2. The van der Waals surface area contributed by atoms with Gasteiger partial charge in [0.2, 0.25) is 5.91 Å². The highest BCUT2D eigenvalue weighted by Gasteiger charge is 2.03. The molecule has 0 aromatic carbocycles. The van der Waals surface area contributed by atoms with Gasteiger partial charge in [0.05, 0.1) is 6.54 Å². The third-order valence-electron chi connectivity index (χ3n) is 1.80. The molecular formula is C9H20N2O. The number of nitrogens with one attached hydrogen (secondary N) is 1. The Hall–Kier alpha value is -0.570. The van der Waals surface area contributed by atoms with Gasteiger partial charge in [-0.3, -0.25) is 4.79 Å². The third kappa shape index (κ3) is 7.54. The van der Waals surface area contributed by atoms with Crippen LogP contribution in [0.25, 0.3) is 0 Å². The quantitative estimate of drug-likeness (QED) is 0.625. The Bertz CT molecular complexity index is 134. The van der Waals surface area contributed by atoms with Crippen molar-refractivity contribution in [3.63, 3.8) is 0 Å². The summed E-state index contributed by atoms with van der Waals surface area (Å²) in [5.74, 6) is 0.439. The lowest BCUT2D eigenvalue weighted by molar-refractivity contribution is -0.117. The number of carbonyl (C=O) groups excluding carboxylic acids is 1. The molecule has 72 valence electrons. The van der Waals surface area contributed by atoms with E-state index >= 15 is 0 Å². The molecule has 0 aromatic heterocycles. The summed E-state index contributed by atoms with van der Waals surface area (Å²) in [4.78, 5) is 10.4. The molecule has 0 saturated carbocycles. The largest absolute Gasteiger partial charge is 0.369 e. The molecule has 0 aromatic rings. The molecule has 12 heavy (non-hydrogen) atoms. The van der Waals surface area contributed by atoms with Crippen LogP contribution in [0.4, 0.5) is 0 Å². The lowest BCUT2D eigenvalue weighted by Crippen LogP contribution is -2.34. The summed E-state index contributed by atoms with van der Waals surface area (Å²) in [6.07, 6.45) is 2.29. The van der Waals surface area contributed by atoms with Crippen LogP contribution in [0.1, 0.15) is 33.6 Å². The third-order valence-corrected chi connectivity index (χ3v) is 1.80. The average molecular weight is 172 g/mol. The second-order valence-electron chi connectivity index (χ2n) is 3.72. The highest BCUT2D eigenvalue weighted by atomic mass is 16.1. The van der Waals surface area contributed by atoms with Crippen molar-refractivity contribution in [3.05, 3.63) is 0 Å². The standard InChI is InChI=1S/C9H20N2O/c1-7(2)4-5-8(3)11-6-9(10)12/h7-8,11H,4-6H2,1-3H3,(H2,10,12). The molecule has 0 bridgehead atoms. The van der Waals surface area contributed by atoms with Gasteiger partial charge in [-0.2, -0.15) is 0 Å². The van der Waals surface area contributed by atoms with Crippen molar-refractivity contribution < 1.29 is 4.79 Å². The predicted octanol–water partition coefficient (Wildman–Crippen LogP) is 0.886. The highest BCUT2D eigenvalue weighted by Crippen LogP contribution is 2.05. The van der Waals surface area contributed by atoms with Crippen LogP contribution in [-0.2, 0) is 4.79 Å². The molecule has 0 aliphatic carbocycles. The topological polar surface area (TPSA) is 55.1 Å².